The van der Waals surface area contributed by atoms with Gasteiger partial charge in [-0.3, -0.25) is 0 Å². The number of hydrogen-bond donors (Lipinski definition) is 0. The maximum atomic E-state index is 2.45. The van der Waals surface area contributed by atoms with Gasteiger partial charge in [-0.15, -0.1) is 0 Å². The van der Waals surface area contributed by atoms with E-state index < -0.39 is 0 Å². The molecule has 300 valence electrons. The Balaban J connectivity index is 0.934. The van der Waals surface area contributed by atoms with Crippen LogP contribution in [0.5, 0.6) is 0 Å². The van der Waals surface area contributed by atoms with Gasteiger partial charge < -0.3 is 4.90 Å². The fraction of sp³-hybridized carbons (Fsp3) is 0.0968. The SMILES string of the molecule is CC1(C)c2ccccc2C2(c3ccccc3-c3cc(-c4ccc(N(C5=CCC(c6cccc7ccccc67)C=C5)c5ccc(-c6ccccc6)cc5)cc4)ccc32)c2ccccc21. The summed E-state index contributed by atoms with van der Waals surface area (Å²) in [6.45, 7) is 4.77. The molecule has 0 fully saturated rings. The summed E-state index contributed by atoms with van der Waals surface area (Å²) < 4.78 is 0. The highest BCUT2D eigenvalue weighted by Gasteiger charge is 2.53. The van der Waals surface area contributed by atoms with Crippen molar-refractivity contribution in [1.29, 1.82) is 0 Å². The second-order valence-corrected chi connectivity index (χ2v) is 18.0. The van der Waals surface area contributed by atoms with Crippen LogP contribution >= 0.6 is 0 Å². The smallest absolute Gasteiger partial charge is 0.0719 e. The molecular weight excluding hydrogens is 759 g/mol. The predicted molar refractivity (Wildman–Crippen MR) is 264 cm³/mol. The third-order valence-electron chi connectivity index (χ3n) is 14.3. The molecule has 1 nitrogen and oxygen atoms in total. The van der Waals surface area contributed by atoms with Gasteiger partial charge in [-0.1, -0.05) is 208 Å². The molecule has 0 heterocycles. The molecule has 9 aromatic rings. The van der Waals surface area contributed by atoms with E-state index in [1.165, 1.54) is 88.8 Å². The molecule has 63 heavy (non-hydrogen) atoms. The Bertz CT molecular complexity index is 3220. The monoisotopic (exact) mass is 805 g/mol. The molecule has 0 saturated carbocycles. The third-order valence-corrected chi connectivity index (χ3v) is 14.3. The molecule has 0 saturated heterocycles. The Labute approximate surface area is 371 Å². The lowest BCUT2D eigenvalue weighted by Gasteiger charge is -2.46. The van der Waals surface area contributed by atoms with Gasteiger partial charge in [0.1, 0.15) is 0 Å². The average Bonchev–Trinajstić information content (AvgIpc) is 3.64. The van der Waals surface area contributed by atoms with Gasteiger partial charge in [0, 0.05) is 28.4 Å². The molecular formula is C62H47N. The maximum Gasteiger partial charge on any atom is 0.0719 e. The van der Waals surface area contributed by atoms with Gasteiger partial charge in [-0.25, -0.2) is 0 Å². The van der Waals surface area contributed by atoms with E-state index in [9.17, 15) is 0 Å². The summed E-state index contributed by atoms with van der Waals surface area (Å²) in [5.41, 5.74) is 20.1. The summed E-state index contributed by atoms with van der Waals surface area (Å²) in [7, 11) is 0. The van der Waals surface area contributed by atoms with E-state index in [-0.39, 0.29) is 10.8 Å². The quantitative estimate of drug-likeness (QED) is 0.162. The van der Waals surface area contributed by atoms with Crippen LogP contribution in [0.4, 0.5) is 11.4 Å². The summed E-state index contributed by atoms with van der Waals surface area (Å²) in [4.78, 5) is 2.41. The largest absolute Gasteiger partial charge is 0.311 e. The first-order valence-electron chi connectivity index (χ1n) is 22.4. The zero-order chi connectivity index (χ0) is 42.1. The zero-order valence-corrected chi connectivity index (χ0v) is 35.7. The molecule has 3 aliphatic rings. The second-order valence-electron chi connectivity index (χ2n) is 18.0. The van der Waals surface area contributed by atoms with Crippen molar-refractivity contribution in [3.05, 3.63) is 275 Å². The Morgan fingerprint density at radius 1 is 0.429 bits per heavy atom. The van der Waals surface area contributed by atoms with E-state index in [2.05, 4.69) is 249 Å². The zero-order valence-electron chi connectivity index (χ0n) is 35.7. The first-order chi connectivity index (χ1) is 31.0. The summed E-state index contributed by atoms with van der Waals surface area (Å²) in [6.07, 6.45) is 8.07. The fourth-order valence-electron chi connectivity index (χ4n) is 11.3. The van der Waals surface area contributed by atoms with Crippen LogP contribution in [0.15, 0.2) is 236 Å². The summed E-state index contributed by atoms with van der Waals surface area (Å²) in [5.74, 6) is 0.315. The number of benzene rings is 9. The van der Waals surface area contributed by atoms with E-state index in [0.29, 0.717) is 5.92 Å². The molecule has 3 aliphatic carbocycles. The number of fused-ring (bicyclic) bond motifs is 10. The van der Waals surface area contributed by atoms with Crippen LogP contribution in [0.2, 0.25) is 0 Å². The number of rotatable bonds is 6. The van der Waals surface area contributed by atoms with Crippen molar-refractivity contribution in [1.82, 2.24) is 0 Å². The van der Waals surface area contributed by atoms with Crippen LogP contribution in [0.25, 0.3) is 44.2 Å². The van der Waals surface area contributed by atoms with E-state index in [4.69, 9.17) is 0 Å². The maximum absolute atomic E-state index is 2.45. The van der Waals surface area contributed by atoms with Crippen LogP contribution in [-0.4, -0.2) is 0 Å². The first kappa shape index (κ1) is 37.3. The van der Waals surface area contributed by atoms with Gasteiger partial charge in [0.2, 0.25) is 0 Å². The molecule has 9 aromatic carbocycles. The summed E-state index contributed by atoms with van der Waals surface area (Å²) in [5, 5.41) is 2.62. The Morgan fingerprint density at radius 2 is 0.952 bits per heavy atom. The van der Waals surface area contributed by atoms with Crippen molar-refractivity contribution < 1.29 is 0 Å². The molecule has 1 unspecified atom stereocenters. The van der Waals surface area contributed by atoms with Crippen LogP contribution in [0.3, 0.4) is 0 Å². The summed E-state index contributed by atoms with van der Waals surface area (Å²) in [6, 6.07) is 79.0. The minimum atomic E-state index is -0.387. The van der Waals surface area contributed by atoms with Crippen molar-refractivity contribution in [3.8, 4) is 33.4 Å². The van der Waals surface area contributed by atoms with Gasteiger partial charge in [0.25, 0.3) is 0 Å². The van der Waals surface area contributed by atoms with Crippen molar-refractivity contribution >= 4 is 22.1 Å². The minimum Gasteiger partial charge on any atom is -0.311 e. The Morgan fingerprint density at radius 3 is 1.62 bits per heavy atom. The van der Waals surface area contributed by atoms with Gasteiger partial charge in [0.15, 0.2) is 0 Å². The number of nitrogens with zero attached hydrogens (tertiary/aromatic N) is 1. The van der Waals surface area contributed by atoms with Gasteiger partial charge in [-0.05, 0) is 126 Å². The highest BCUT2D eigenvalue weighted by atomic mass is 15.1. The predicted octanol–water partition coefficient (Wildman–Crippen LogP) is 15.9. The highest BCUT2D eigenvalue weighted by Crippen LogP contribution is 2.62. The van der Waals surface area contributed by atoms with Crippen LogP contribution in [-0.2, 0) is 10.8 Å². The lowest BCUT2D eigenvalue weighted by Crippen LogP contribution is -2.40. The van der Waals surface area contributed by atoms with E-state index in [1.807, 2.05) is 0 Å². The van der Waals surface area contributed by atoms with E-state index in [0.717, 1.165) is 17.8 Å². The third kappa shape index (κ3) is 5.76. The van der Waals surface area contributed by atoms with E-state index in [1.54, 1.807) is 0 Å². The molecule has 0 radical (unpaired) electrons. The van der Waals surface area contributed by atoms with Crippen LogP contribution in [0.1, 0.15) is 65.1 Å². The molecule has 0 bridgehead atoms. The van der Waals surface area contributed by atoms with Gasteiger partial charge in [-0.2, -0.15) is 0 Å². The van der Waals surface area contributed by atoms with Crippen molar-refractivity contribution in [2.24, 2.45) is 0 Å². The van der Waals surface area contributed by atoms with E-state index >= 15 is 0 Å². The molecule has 0 N–H and O–H groups in total. The van der Waals surface area contributed by atoms with Crippen LogP contribution < -0.4 is 4.90 Å². The number of allylic oxidation sites excluding steroid dienone is 3. The Hall–Kier alpha value is -7.48. The molecule has 1 heteroatoms. The molecule has 0 amide bonds. The minimum absolute atomic E-state index is 0.114. The molecule has 0 aliphatic heterocycles. The first-order valence-corrected chi connectivity index (χ1v) is 22.4. The standard InChI is InChI=1S/C62H47N/c1-61(2)57-23-10-12-25-59(57)62(60-26-13-11-24-58(60)61)55-22-9-8-20-53(55)54-41-47(33-40-56(54)62)44-29-36-49(37-30-44)63(48-34-27-43(28-35-48)42-15-4-3-5-16-42)50-38-31-46(32-39-50)52-21-14-18-45-17-6-7-19-51(45)52/h3-31,33-41,46H,32H2,1-2H3. The topological polar surface area (TPSA) is 3.24 Å². The summed E-state index contributed by atoms with van der Waals surface area (Å²) >= 11 is 0. The lowest BCUT2D eigenvalue weighted by atomic mass is 9.55. The highest BCUT2D eigenvalue weighted by molar-refractivity contribution is 5.91. The molecule has 1 atom stereocenters. The average molecular weight is 806 g/mol. The molecule has 12 rings (SSSR count). The Kier molecular flexibility index (Phi) is 8.63. The van der Waals surface area contributed by atoms with Gasteiger partial charge in [0.05, 0.1) is 5.41 Å². The fourth-order valence-corrected chi connectivity index (χ4v) is 11.3. The lowest BCUT2D eigenvalue weighted by molar-refractivity contribution is 0.563. The van der Waals surface area contributed by atoms with Crippen LogP contribution in [0, 0.1) is 0 Å². The van der Waals surface area contributed by atoms with Crippen molar-refractivity contribution in [2.45, 2.75) is 37.0 Å². The molecule has 0 aromatic heterocycles. The normalized spacial score (nSPS) is 16.2. The van der Waals surface area contributed by atoms with Crippen molar-refractivity contribution in [3.63, 3.8) is 0 Å². The van der Waals surface area contributed by atoms with Gasteiger partial charge >= 0.3 is 0 Å². The van der Waals surface area contributed by atoms with Crippen molar-refractivity contribution in [2.75, 3.05) is 4.90 Å². The second kappa shape index (κ2) is 14.6. The molecule has 1 spiro atoms. The number of anilines is 2. The number of hydrogen-bond acceptors (Lipinski definition) is 1.